The fraction of sp³-hybridized carbons (Fsp3) is 0.375. The topological polar surface area (TPSA) is 54.2 Å². The van der Waals surface area contributed by atoms with Gasteiger partial charge in [0.15, 0.2) is 5.96 Å². The molecule has 0 aliphatic rings. The molecule has 5 nitrogen and oxygen atoms in total. The van der Waals surface area contributed by atoms with Gasteiger partial charge in [0.1, 0.15) is 5.82 Å². The molecule has 0 atom stereocenters. The van der Waals surface area contributed by atoms with E-state index in [9.17, 15) is 4.39 Å². The van der Waals surface area contributed by atoms with Crippen molar-refractivity contribution in [2.24, 2.45) is 12.0 Å². The molecule has 0 amide bonds. The number of aliphatic imine (C=N–C) groups is 1. The van der Waals surface area contributed by atoms with E-state index in [0.717, 1.165) is 18.2 Å². The summed E-state index contributed by atoms with van der Waals surface area (Å²) in [4.78, 5) is 4.51. The molecule has 0 fully saturated rings. The van der Waals surface area contributed by atoms with E-state index in [4.69, 9.17) is 0 Å². The molecule has 0 saturated carbocycles. The molecule has 2 rings (SSSR count). The minimum Gasteiger partial charge on any atom is -0.357 e. The van der Waals surface area contributed by atoms with Crippen LogP contribution in [0, 0.1) is 5.82 Å². The first-order valence-electron chi connectivity index (χ1n) is 7.43. The van der Waals surface area contributed by atoms with Gasteiger partial charge in [0.05, 0.1) is 12.2 Å². The molecule has 1 aromatic heterocycles. The molecular formula is C16H22FN5. The third-order valence-electron chi connectivity index (χ3n) is 3.31. The quantitative estimate of drug-likeness (QED) is 0.632. The number of guanidine groups is 1. The van der Waals surface area contributed by atoms with Crippen LogP contribution in [0.25, 0.3) is 0 Å². The number of rotatable bonds is 6. The van der Waals surface area contributed by atoms with Gasteiger partial charge in [-0.25, -0.2) is 9.38 Å². The zero-order valence-electron chi connectivity index (χ0n) is 13.0. The molecule has 0 spiro atoms. The van der Waals surface area contributed by atoms with E-state index in [-0.39, 0.29) is 5.82 Å². The van der Waals surface area contributed by atoms with Crippen LogP contribution in [0.1, 0.15) is 18.2 Å². The SMILES string of the molecule is CCNC(=NCc1ccnn1C)NCCc1ccccc1F. The van der Waals surface area contributed by atoms with Gasteiger partial charge in [0.2, 0.25) is 0 Å². The van der Waals surface area contributed by atoms with E-state index in [0.29, 0.717) is 25.1 Å². The van der Waals surface area contributed by atoms with Crippen LogP contribution in [0.5, 0.6) is 0 Å². The van der Waals surface area contributed by atoms with Gasteiger partial charge in [-0.1, -0.05) is 18.2 Å². The molecule has 0 aliphatic carbocycles. The number of benzene rings is 1. The number of aromatic nitrogens is 2. The lowest BCUT2D eigenvalue weighted by molar-refractivity contribution is 0.606. The van der Waals surface area contributed by atoms with Crippen molar-refractivity contribution in [1.29, 1.82) is 0 Å². The van der Waals surface area contributed by atoms with Crippen molar-refractivity contribution in [3.63, 3.8) is 0 Å². The summed E-state index contributed by atoms with van der Waals surface area (Å²) in [7, 11) is 1.89. The summed E-state index contributed by atoms with van der Waals surface area (Å²) in [5, 5.41) is 10.5. The van der Waals surface area contributed by atoms with Gasteiger partial charge < -0.3 is 10.6 Å². The Hall–Kier alpha value is -2.37. The molecule has 2 N–H and O–H groups in total. The second kappa shape index (κ2) is 8.17. The molecule has 22 heavy (non-hydrogen) atoms. The monoisotopic (exact) mass is 303 g/mol. The standard InChI is InChI=1S/C16H22FN5/c1-3-18-16(20-12-14-9-11-21-22(14)2)19-10-8-13-6-4-5-7-15(13)17/h4-7,9,11H,3,8,10,12H2,1-2H3,(H2,18,19,20). The first-order chi connectivity index (χ1) is 10.7. The van der Waals surface area contributed by atoms with E-state index < -0.39 is 0 Å². The van der Waals surface area contributed by atoms with Crippen LogP contribution in [0.2, 0.25) is 0 Å². The number of hydrogen-bond acceptors (Lipinski definition) is 2. The average molecular weight is 303 g/mol. The summed E-state index contributed by atoms with van der Waals surface area (Å²) in [5.41, 5.74) is 1.74. The van der Waals surface area contributed by atoms with Crippen molar-refractivity contribution in [3.8, 4) is 0 Å². The molecule has 2 aromatic rings. The van der Waals surface area contributed by atoms with Crippen LogP contribution >= 0.6 is 0 Å². The predicted molar refractivity (Wildman–Crippen MR) is 86.1 cm³/mol. The van der Waals surface area contributed by atoms with Crippen molar-refractivity contribution in [3.05, 3.63) is 53.6 Å². The van der Waals surface area contributed by atoms with Gasteiger partial charge in [0.25, 0.3) is 0 Å². The van der Waals surface area contributed by atoms with E-state index in [1.165, 1.54) is 6.07 Å². The highest BCUT2D eigenvalue weighted by Gasteiger charge is 2.02. The van der Waals surface area contributed by atoms with Crippen molar-refractivity contribution >= 4 is 5.96 Å². The average Bonchev–Trinajstić information content (AvgIpc) is 2.92. The molecule has 6 heteroatoms. The Morgan fingerprint density at radius 2 is 2.09 bits per heavy atom. The molecule has 0 unspecified atom stereocenters. The fourth-order valence-corrected chi connectivity index (χ4v) is 2.07. The maximum absolute atomic E-state index is 13.6. The van der Waals surface area contributed by atoms with Crippen LogP contribution in [-0.2, 0) is 20.0 Å². The maximum atomic E-state index is 13.6. The lowest BCUT2D eigenvalue weighted by Gasteiger charge is -2.11. The van der Waals surface area contributed by atoms with Crippen LogP contribution < -0.4 is 10.6 Å². The Bertz CT molecular complexity index is 621. The predicted octanol–water partition coefficient (Wildman–Crippen LogP) is 1.86. The molecule has 0 aliphatic heterocycles. The lowest BCUT2D eigenvalue weighted by atomic mass is 10.1. The summed E-state index contributed by atoms with van der Waals surface area (Å²) < 4.78 is 15.4. The normalized spacial score (nSPS) is 11.5. The number of nitrogens with zero attached hydrogens (tertiary/aromatic N) is 3. The molecule has 118 valence electrons. The second-order valence-electron chi connectivity index (χ2n) is 4.91. The highest BCUT2D eigenvalue weighted by molar-refractivity contribution is 5.79. The highest BCUT2D eigenvalue weighted by atomic mass is 19.1. The van der Waals surface area contributed by atoms with Gasteiger partial charge in [-0.05, 0) is 31.0 Å². The number of hydrogen-bond donors (Lipinski definition) is 2. The van der Waals surface area contributed by atoms with E-state index in [2.05, 4.69) is 20.7 Å². The molecule has 0 radical (unpaired) electrons. The third kappa shape index (κ3) is 4.58. The first-order valence-corrected chi connectivity index (χ1v) is 7.43. The Balaban J connectivity index is 1.89. The fourth-order valence-electron chi connectivity index (χ4n) is 2.07. The van der Waals surface area contributed by atoms with Crippen molar-refractivity contribution < 1.29 is 4.39 Å². The van der Waals surface area contributed by atoms with Crippen LogP contribution in [0.3, 0.4) is 0 Å². The largest absolute Gasteiger partial charge is 0.357 e. The zero-order valence-corrected chi connectivity index (χ0v) is 13.0. The van der Waals surface area contributed by atoms with Crippen molar-refractivity contribution in [2.45, 2.75) is 19.9 Å². The zero-order chi connectivity index (χ0) is 15.8. The van der Waals surface area contributed by atoms with Crippen LogP contribution in [-0.4, -0.2) is 28.8 Å². The van der Waals surface area contributed by atoms with E-state index in [1.807, 2.05) is 26.1 Å². The Morgan fingerprint density at radius 3 is 2.77 bits per heavy atom. The molecule has 0 saturated heterocycles. The summed E-state index contributed by atoms with van der Waals surface area (Å²) in [6, 6.07) is 8.77. The Kier molecular flexibility index (Phi) is 5.94. The van der Waals surface area contributed by atoms with Crippen LogP contribution in [0.15, 0.2) is 41.5 Å². The first kappa shape index (κ1) is 16.0. The van der Waals surface area contributed by atoms with Gasteiger partial charge in [-0.3, -0.25) is 4.68 Å². The molecular weight excluding hydrogens is 281 g/mol. The Morgan fingerprint density at radius 1 is 1.27 bits per heavy atom. The minimum atomic E-state index is -0.166. The summed E-state index contributed by atoms with van der Waals surface area (Å²) in [6.07, 6.45) is 2.37. The smallest absolute Gasteiger partial charge is 0.191 e. The van der Waals surface area contributed by atoms with Gasteiger partial charge in [-0.15, -0.1) is 0 Å². The van der Waals surface area contributed by atoms with E-state index in [1.54, 1.807) is 23.0 Å². The van der Waals surface area contributed by atoms with Gasteiger partial charge >= 0.3 is 0 Å². The Labute approximate surface area is 130 Å². The summed E-state index contributed by atoms with van der Waals surface area (Å²) in [5.74, 6) is 0.557. The molecule has 1 heterocycles. The van der Waals surface area contributed by atoms with Gasteiger partial charge in [-0.2, -0.15) is 5.10 Å². The number of halogens is 1. The van der Waals surface area contributed by atoms with Crippen molar-refractivity contribution in [2.75, 3.05) is 13.1 Å². The molecule has 1 aromatic carbocycles. The van der Waals surface area contributed by atoms with E-state index >= 15 is 0 Å². The second-order valence-corrected chi connectivity index (χ2v) is 4.91. The van der Waals surface area contributed by atoms with Gasteiger partial charge in [0, 0.05) is 26.3 Å². The third-order valence-corrected chi connectivity index (χ3v) is 3.31. The lowest BCUT2D eigenvalue weighted by Crippen LogP contribution is -2.38. The maximum Gasteiger partial charge on any atom is 0.191 e. The summed E-state index contributed by atoms with van der Waals surface area (Å²) in [6.45, 7) is 3.96. The molecule has 0 bridgehead atoms. The van der Waals surface area contributed by atoms with Crippen LogP contribution in [0.4, 0.5) is 4.39 Å². The number of aryl methyl sites for hydroxylation is 1. The van der Waals surface area contributed by atoms with Crippen molar-refractivity contribution in [1.82, 2.24) is 20.4 Å². The number of nitrogens with one attached hydrogen (secondary N) is 2. The minimum absolute atomic E-state index is 0.166. The summed E-state index contributed by atoms with van der Waals surface area (Å²) >= 11 is 0. The highest BCUT2D eigenvalue weighted by Crippen LogP contribution is 2.06.